The van der Waals surface area contributed by atoms with Crippen molar-refractivity contribution >= 4 is 5.91 Å². The molecule has 1 fully saturated rings. The van der Waals surface area contributed by atoms with Gasteiger partial charge in [0.15, 0.2) is 0 Å². The Morgan fingerprint density at radius 1 is 1.29 bits per heavy atom. The van der Waals surface area contributed by atoms with Crippen LogP contribution in [0.2, 0.25) is 0 Å². The molecule has 0 saturated carbocycles. The third-order valence-electron chi connectivity index (χ3n) is 3.48. The number of hydrogen-bond donors (Lipinski definition) is 2. The molecule has 1 aliphatic rings. The first-order valence-corrected chi connectivity index (χ1v) is 6.35. The lowest BCUT2D eigenvalue weighted by atomic mass is 9.89. The van der Waals surface area contributed by atoms with E-state index in [1.165, 1.54) is 5.56 Å². The third kappa shape index (κ3) is 3.07. The maximum absolute atomic E-state index is 11.6. The predicted molar refractivity (Wildman–Crippen MR) is 68.6 cm³/mol. The zero-order valence-corrected chi connectivity index (χ0v) is 10.1. The van der Waals surface area contributed by atoms with Gasteiger partial charge in [0.2, 0.25) is 5.91 Å². The molecule has 1 amide bonds. The van der Waals surface area contributed by atoms with Gasteiger partial charge in [0.05, 0.1) is 0 Å². The topological polar surface area (TPSA) is 55.1 Å². The highest BCUT2D eigenvalue weighted by Crippen LogP contribution is 2.24. The van der Waals surface area contributed by atoms with Crippen molar-refractivity contribution in [3.05, 3.63) is 35.9 Å². The van der Waals surface area contributed by atoms with Gasteiger partial charge in [-0.3, -0.25) is 4.79 Å². The summed E-state index contributed by atoms with van der Waals surface area (Å²) in [6, 6.07) is 10.4. The quantitative estimate of drug-likeness (QED) is 0.834. The lowest BCUT2D eigenvalue weighted by Gasteiger charge is -2.26. The molecule has 1 aromatic rings. The van der Waals surface area contributed by atoms with E-state index in [-0.39, 0.29) is 17.9 Å². The first-order chi connectivity index (χ1) is 8.31. The van der Waals surface area contributed by atoms with Crippen LogP contribution in [-0.2, 0) is 4.79 Å². The fourth-order valence-electron chi connectivity index (χ4n) is 2.54. The van der Waals surface area contributed by atoms with Crippen LogP contribution < -0.4 is 11.1 Å². The van der Waals surface area contributed by atoms with E-state index in [1.807, 2.05) is 18.2 Å². The van der Waals surface area contributed by atoms with Crippen LogP contribution in [-0.4, -0.2) is 18.5 Å². The van der Waals surface area contributed by atoms with E-state index in [2.05, 4.69) is 17.4 Å². The Morgan fingerprint density at radius 3 is 2.76 bits per heavy atom. The zero-order valence-electron chi connectivity index (χ0n) is 10.1. The van der Waals surface area contributed by atoms with E-state index in [4.69, 9.17) is 5.73 Å². The minimum atomic E-state index is 0.168. The molecule has 2 atom stereocenters. The molecule has 3 N–H and O–H groups in total. The second kappa shape index (κ2) is 5.82. The monoisotopic (exact) mass is 232 g/mol. The smallest absolute Gasteiger partial charge is 0.220 e. The van der Waals surface area contributed by atoms with E-state index in [9.17, 15) is 4.79 Å². The van der Waals surface area contributed by atoms with E-state index < -0.39 is 0 Å². The van der Waals surface area contributed by atoms with Crippen molar-refractivity contribution in [1.29, 1.82) is 0 Å². The van der Waals surface area contributed by atoms with Gasteiger partial charge in [0.1, 0.15) is 0 Å². The lowest BCUT2D eigenvalue weighted by molar-refractivity contribution is -0.121. The van der Waals surface area contributed by atoms with Crippen molar-refractivity contribution in [3.8, 4) is 0 Å². The Hall–Kier alpha value is -1.35. The van der Waals surface area contributed by atoms with Gasteiger partial charge in [-0.1, -0.05) is 36.8 Å². The normalized spacial score (nSPS) is 22.6. The molecule has 3 nitrogen and oxygen atoms in total. The highest BCUT2D eigenvalue weighted by atomic mass is 16.1. The van der Waals surface area contributed by atoms with Crippen LogP contribution in [0, 0.1) is 0 Å². The van der Waals surface area contributed by atoms with Gasteiger partial charge in [-0.25, -0.2) is 0 Å². The van der Waals surface area contributed by atoms with Crippen LogP contribution in [0.1, 0.15) is 37.2 Å². The first-order valence-electron chi connectivity index (χ1n) is 6.35. The minimum absolute atomic E-state index is 0.168. The number of nitrogens with one attached hydrogen (secondary N) is 1. The molecule has 17 heavy (non-hydrogen) atoms. The van der Waals surface area contributed by atoms with E-state index >= 15 is 0 Å². The summed E-state index contributed by atoms with van der Waals surface area (Å²) in [5.74, 6) is 0.403. The Kier molecular flexibility index (Phi) is 4.15. The summed E-state index contributed by atoms with van der Waals surface area (Å²) < 4.78 is 0. The van der Waals surface area contributed by atoms with Crippen LogP contribution in [0.3, 0.4) is 0 Å². The molecule has 0 spiro atoms. The summed E-state index contributed by atoms with van der Waals surface area (Å²) in [5.41, 5.74) is 7.11. The number of hydrogen-bond acceptors (Lipinski definition) is 2. The number of nitrogens with two attached hydrogens (primary N) is 1. The number of benzene rings is 1. The summed E-state index contributed by atoms with van der Waals surface area (Å²) in [4.78, 5) is 11.6. The van der Waals surface area contributed by atoms with Crippen molar-refractivity contribution in [2.24, 2.45) is 5.73 Å². The van der Waals surface area contributed by atoms with Gasteiger partial charge in [0.25, 0.3) is 0 Å². The molecule has 0 radical (unpaired) electrons. The summed E-state index contributed by atoms with van der Waals surface area (Å²) in [5, 5.41) is 3.11. The number of carbonyl (C=O) groups is 1. The predicted octanol–water partition coefficient (Wildman–Crippen LogP) is 1.79. The Bertz CT molecular complexity index is 364. The SMILES string of the molecule is NCC(c1ccccc1)C1CCCCC(=O)N1. The summed E-state index contributed by atoms with van der Waals surface area (Å²) in [7, 11) is 0. The second-order valence-electron chi connectivity index (χ2n) is 4.67. The molecule has 0 aliphatic carbocycles. The van der Waals surface area contributed by atoms with Crippen molar-refractivity contribution in [2.75, 3.05) is 6.54 Å². The molecule has 1 saturated heterocycles. The zero-order chi connectivity index (χ0) is 12.1. The Morgan fingerprint density at radius 2 is 2.06 bits per heavy atom. The maximum atomic E-state index is 11.6. The summed E-state index contributed by atoms with van der Waals surface area (Å²) in [6.45, 7) is 0.578. The second-order valence-corrected chi connectivity index (χ2v) is 4.67. The van der Waals surface area contributed by atoms with Gasteiger partial charge in [-0.05, 0) is 18.4 Å². The number of carbonyl (C=O) groups excluding carboxylic acids is 1. The molecule has 0 bridgehead atoms. The van der Waals surface area contributed by atoms with Gasteiger partial charge in [0, 0.05) is 24.9 Å². The fraction of sp³-hybridized carbons (Fsp3) is 0.500. The standard InChI is InChI=1S/C14H20N2O/c15-10-12(11-6-2-1-3-7-11)13-8-4-5-9-14(17)16-13/h1-3,6-7,12-13H,4-5,8-10,15H2,(H,16,17). The molecular weight excluding hydrogens is 212 g/mol. The summed E-state index contributed by atoms with van der Waals surface area (Å²) in [6.07, 6.45) is 3.78. The molecule has 1 heterocycles. The Labute approximate surface area is 102 Å². The molecule has 0 aromatic heterocycles. The third-order valence-corrected chi connectivity index (χ3v) is 3.48. The van der Waals surface area contributed by atoms with Crippen LogP contribution in [0.5, 0.6) is 0 Å². The summed E-state index contributed by atoms with van der Waals surface area (Å²) >= 11 is 0. The minimum Gasteiger partial charge on any atom is -0.353 e. The highest BCUT2D eigenvalue weighted by molar-refractivity contribution is 5.76. The van der Waals surface area contributed by atoms with Gasteiger partial charge in [-0.15, -0.1) is 0 Å². The van der Waals surface area contributed by atoms with Crippen LogP contribution >= 0.6 is 0 Å². The fourth-order valence-corrected chi connectivity index (χ4v) is 2.54. The molecular formula is C14H20N2O. The van der Waals surface area contributed by atoms with Crippen molar-refractivity contribution < 1.29 is 4.79 Å². The van der Waals surface area contributed by atoms with Crippen molar-refractivity contribution in [1.82, 2.24) is 5.32 Å². The molecule has 2 rings (SSSR count). The van der Waals surface area contributed by atoms with Crippen molar-refractivity contribution in [3.63, 3.8) is 0 Å². The Balaban J connectivity index is 2.14. The van der Waals surface area contributed by atoms with E-state index in [0.717, 1.165) is 19.3 Å². The number of amides is 1. The number of rotatable bonds is 3. The van der Waals surface area contributed by atoms with Crippen LogP contribution in [0.15, 0.2) is 30.3 Å². The van der Waals surface area contributed by atoms with E-state index in [0.29, 0.717) is 13.0 Å². The molecule has 2 unspecified atom stereocenters. The van der Waals surface area contributed by atoms with E-state index in [1.54, 1.807) is 0 Å². The first kappa shape index (κ1) is 12.1. The average molecular weight is 232 g/mol. The molecule has 1 aliphatic heterocycles. The lowest BCUT2D eigenvalue weighted by Crippen LogP contribution is -2.40. The highest BCUT2D eigenvalue weighted by Gasteiger charge is 2.25. The molecule has 1 aromatic carbocycles. The molecule has 92 valence electrons. The maximum Gasteiger partial charge on any atom is 0.220 e. The van der Waals surface area contributed by atoms with Crippen LogP contribution in [0.4, 0.5) is 0 Å². The van der Waals surface area contributed by atoms with Gasteiger partial charge in [-0.2, -0.15) is 0 Å². The van der Waals surface area contributed by atoms with Gasteiger partial charge < -0.3 is 11.1 Å². The average Bonchev–Trinajstić information content (AvgIpc) is 2.56. The van der Waals surface area contributed by atoms with Gasteiger partial charge >= 0.3 is 0 Å². The molecule has 3 heteroatoms. The van der Waals surface area contributed by atoms with Crippen LogP contribution in [0.25, 0.3) is 0 Å². The van der Waals surface area contributed by atoms with Crippen molar-refractivity contribution in [2.45, 2.75) is 37.6 Å². The largest absolute Gasteiger partial charge is 0.353 e.